The number of aryl methyl sites for hydroxylation is 1. The summed E-state index contributed by atoms with van der Waals surface area (Å²) in [7, 11) is 0. The van der Waals surface area contributed by atoms with E-state index in [9.17, 15) is 5.11 Å². The van der Waals surface area contributed by atoms with Gasteiger partial charge in [-0.05, 0) is 36.8 Å². The summed E-state index contributed by atoms with van der Waals surface area (Å²) >= 11 is 0. The number of hydrogen-bond acceptors (Lipinski definition) is 4. The van der Waals surface area contributed by atoms with Gasteiger partial charge >= 0.3 is 0 Å². The molecule has 3 aromatic rings. The number of benzene rings is 1. The molecule has 0 saturated carbocycles. The Kier molecular flexibility index (Phi) is 3.35. The monoisotopic (exact) mass is 268 g/mol. The van der Waals surface area contributed by atoms with Gasteiger partial charge in [-0.2, -0.15) is 0 Å². The number of aliphatic hydroxyl groups is 1. The van der Waals surface area contributed by atoms with E-state index in [-0.39, 0.29) is 6.61 Å². The van der Waals surface area contributed by atoms with Crippen LogP contribution in [0.3, 0.4) is 0 Å². The minimum absolute atomic E-state index is 0.0657. The van der Waals surface area contributed by atoms with Crippen molar-refractivity contribution in [1.82, 2.24) is 14.5 Å². The highest BCUT2D eigenvalue weighted by molar-refractivity contribution is 5.80. The fourth-order valence-electron chi connectivity index (χ4n) is 2.21. The van der Waals surface area contributed by atoms with E-state index in [0.717, 1.165) is 22.4 Å². The SMILES string of the molecule is Cc1ccc2c(c1)nc(Nc1ccccn1)n2CCO. The smallest absolute Gasteiger partial charge is 0.209 e. The number of aromatic nitrogens is 3. The molecule has 0 aliphatic heterocycles. The first kappa shape index (κ1) is 12.6. The number of imidazole rings is 1. The number of nitrogens with one attached hydrogen (secondary N) is 1. The Balaban J connectivity index is 2.06. The van der Waals surface area contributed by atoms with Gasteiger partial charge in [-0.25, -0.2) is 9.97 Å². The molecule has 0 atom stereocenters. The van der Waals surface area contributed by atoms with Gasteiger partial charge in [0.15, 0.2) is 0 Å². The van der Waals surface area contributed by atoms with E-state index in [1.165, 1.54) is 0 Å². The summed E-state index contributed by atoms with van der Waals surface area (Å²) in [6.07, 6.45) is 1.73. The van der Waals surface area contributed by atoms with Crippen LogP contribution in [-0.2, 0) is 6.54 Å². The number of nitrogens with zero attached hydrogens (tertiary/aromatic N) is 3. The van der Waals surface area contributed by atoms with Crippen LogP contribution in [0.1, 0.15) is 5.56 Å². The molecule has 0 fully saturated rings. The van der Waals surface area contributed by atoms with Crippen molar-refractivity contribution < 1.29 is 5.11 Å². The van der Waals surface area contributed by atoms with Gasteiger partial charge in [0, 0.05) is 12.7 Å². The van der Waals surface area contributed by atoms with Crippen LogP contribution in [0.2, 0.25) is 0 Å². The molecule has 2 aromatic heterocycles. The Hall–Kier alpha value is -2.40. The number of anilines is 2. The minimum Gasteiger partial charge on any atom is -0.395 e. The summed E-state index contributed by atoms with van der Waals surface area (Å²) in [5.74, 6) is 1.43. The van der Waals surface area contributed by atoms with Crippen molar-refractivity contribution in [3.05, 3.63) is 48.2 Å². The number of pyridine rings is 1. The van der Waals surface area contributed by atoms with E-state index in [1.807, 2.05) is 47.9 Å². The van der Waals surface area contributed by atoms with Gasteiger partial charge in [0.2, 0.25) is 5.95 Å². The molecule has 0 aliphatic carbocycles. The molecule has 20 heavy (non-hydrogen) atoms. The molecule has 0 aliphatic rings. The maximum absolute atomic E-state index is 9.25. The first-order chi connectivity index (χ1) is 9.78. The first-order valence-corrected chi connectivity index (χ1v) is 6.54. The van der Waals surface area contributed by atoms with Crippen LogP contribution >= 0.6 is 0 Å². The van der Waals surface area contributed by atoms with E-state index in [1.54, 1.807) is 6.20 Å². The zero-order valence-corrected chi connectivity index (χ0v) is 11.2. The molecule has 1 aromatic carbocycles. The molecule has 102 valence electrons. The Morgan fingerprint density at radius 1 is 1.25 bits per heavy atom. The minimum atomic E-state index is 0.0657. The molecule has 0 unspecified atom stereocenters. The van der Waals surface area contributed by atoms with Crippen LogP contribution in [0.25, 0.3) is 11.0 Å². The van der Waals surface area contributed by atoms with Crippen LogP contribution in [0.15, 0.2) is 42.6 Å². The van der Waals surface area contributed by atoms with Crippen molar-refractivity contribution in [3.8, 4) is 0 Å². The standard InChI is InChI=1S/C15H16N4O/c1-11-5-6-13-12(10-11)17-15(19(13)8-9-20)18-14-4-2-3-7-16-14/h2-7,10,20H,8-9H2,1H3,(H,16,17,18). The lowest BCUT2D eigenvalue weighted by Crippen LogP contribution is -2.07. The van der Waals surface area contributed by atoms with E-state index in [0.29, 0.717) is 12.5 Å². The van der Waals surface area contributed by atoms with E-state index >= 15 is 0 Å². The first-order valence-electron chi connectivity index (χ1n) is 6.54. The van der Waals surface area contributed by atoms with Crippen molar-refractivity contribution in [3.63, 3.8) is 0 Å². The molecule has 5 nitrogen and oxygen atoms in total. The molecule has 0 saturated heterocycles. The summed E-state index contributed by atoms with van der Waals surface area (Å²) in [6.45, 7) is 2.60. The highest BCUT2D eigenvalue weighted by atomic mass is 16.3. The Labute approximate surface area is 116 Å². The summed E-state index contributed by atoms with van der Waals surface area (Å²) < 4.78 is 1.96. The molecule has 0 spiro atoms. The second-order valence-electron chi connectivity index (χ2n) is 4.64. The van der Waals surface area contributed by atoms with Gasteiger partial charge in [0.1, 0.15) is 5.82 Å². The Morgan fingerprint density at radius 2 is 2.15 bits per heavy atom. The summed E-state index contributed by atoms with van der Waals surface area (Å²) in [5.41, 5.74) is 3.08. The van der Waals surface area contributed by atoms with E-state index in [2.05, 4.69) is 15.3 Å². The molecule has 2 N–H and O–H groups in total. The van der Waals surface area contributed by atoms with Crippen molar-refractivity contribution in [2.45, 2.75) is 13.5 Å². The van der Waals surface area contributed by atoms with Gasteiger partial charge in [0.25, 0.3) is 0 Å². The molecule has 2 heterocycles. The Morgan fingerprint density at radius 3 is 2.90 bits per heavy atom. The number of aliphatic hydroxyl groups excluding tert-OH is 1. The number of fused-ring (bicyclic) bond motifs is 1. The fourth-order valence-corrected chi connectivity index (χ4v) is 2.21. The maximum atomic E-state index is 9.25. The fraction of sp³-hybridized carbons (Fsp3) is 0.200. The van der Waals surface area contributed by atoms with Crippen LogP contribution in [0, 0.1) is 6.92 Å². The van der Waals surface area contributed by atoms with Crippen molar-refractivity contribution in [2.24, 2.45) is 0 Å². The molecule has 5 heteroatoms. The second kappa shape index (κ2) is 5.30. The maximum Gasteiger partial charge on any atom is 0.209 e. The van der Waals surface area contributed by atoms with Gasteiger partial charge in [0.05, 0.1) is 17.6 Å². The summed E-state index contributed by atoms with van der Waals surface area (Å²) in [5, 5.41) is 12.4. The zero-order chi connectivity index (χ0) is 13.9. The quantitative estimate of drug-likeness (QED) is 0.763. The highest BCUT2D eigenvalue weighted by Crippen LogP contribution is 2.22. The van der Waals surface area contributed by atoms with Crippen molar-refractivity contribution >= 4 is 22.8 Å². The predicted octanol–water partition coefficient (Wildman–Crippen LogP) is 2.48. The van der Waals surface area contributed by atoms with Crippen molar-refractivity contribution in [1.29, 1.82) is 0 Å². The van der Waals surface area contributed by atoms with Gasteiger partial charge in [-0.1, -0.05) is 12.1 Å². The van der Waals surface area contributed by atoms with Crippen molar-refractivity contribution in [2.75, 3.05) is 11.9 Å². The third-order valence-electron chi connectivity index (χ3n) is 3.13. The molecular weight excluding hydrogens is 252 g/mol. The Bertz CT molecular complexity index is 721. The zero-order valence-electron chi connectivity index (χ0n) is 11.2. The number of hydrogen-bond donors (Lipinski definition) is 2. The van der Waals surface area contributed by atoms with Gasteiger partial charge < -0.3 is 15.0 Å². The third kappa shape index (κ3) is 2.35. The topological polar surface area (TPSA) is 63.0 Å². The van der Waals surface area contributed by atoms with Crippen LogP contribution in [0.4, 0.5) is 11.8 Å². The molecular formula is C15H16N4O. The lowest BCUT2D eigenvalue weighted by molar-refractivity contribution is 0.278. The average molecular weight is 268 g/mol. The predicted molar refractivity (Wildman–Crippen MR) is 79.1 cm³/mol. The average Bonchev–Trinajstić information content (AvgIpc) is 2.77. The summed E-state index contributed by atoms with van der Waals surface area (Å²) in [4.78, 5) is 8.82. The normalized spacial score (nSPS) is 10.9. The second-order valence-corrected chi connectivity index (χ2v) is 4.64. The molecule has 3 rings (SSSR count). The number of rotatable bonds is 4. The largest absolute Gasteiger partial charge is 0.395 e. The third-order valence-corrected chi connectivity index (χ3v) is 3.13. The van der Waals surface area contributed by atoms with Crippen LogP contribution in [0.5, 0.6) is 0 Å². The molecule has 0 radical (unpaired) electrons. The lowest BCUT2D eigenvalue weighted by atomic mass is 10.2. The van der Waals surface area contributed by atoms with Gasteiger partial charge in [-0.3, -0.25) is 0 Å². The lowest BCUT2D eigenvalue weighted by Gasteiger charge is -2.08. The van der Waals surface area contributed by atoms with Gasteiger partial charge in [-0.15, -0.1) is 0 Å². The molecule has 0 amide bonds. The van der Waals surface area contributed by atoms with Crippen LogP contribution in [-0.4, -0.2) is 26.2 Å². The van der Waals surface area contributed by atoms with Crippen LogP contribution < -0.4 is 5.32 Å². The molecule has 0 bridgehead atoms. The highest BCUT2D eigenvalue weighted by Gasteiger charge is 2.10. The van der Waals surface area contributed by atoms with E-state index in [4.69, 9.17) is 0 Å². The van der Waals surface area contributed by atoms with E-state index < -0.39 is 0 Å². The summed E-state index contributed by atoms with van der Waals surface area (Å²) in [6, 6.07) is 11.8.